The largest absolute Gasteiger partial charge is 0.448 e. The molecule has 198 valence electrons. The number of alkyl carbamates (subject to hydrolysis) is 1. The Morgan fingerprint density at radius 1 is 1.05 bits per heavy atom. The van der Waals surface area contributed by atoms with Crippen LogP contribution >= 0.6 is 0 Å². The Morgan fingerprint density at radius 3 is 2.56 bits per heavy atom. The predicted octanol–water partition coefficient (Wildman–Crippen LogP) is 3.79. The summed E-state index contributed by atoms with van der Waals surface area (Å²) in [4.78, 5) is 32.7. The second-order valence-electron chi connectivity index (χ2n) is 8.96. The summed E-state index contributed by atoms with van der Waals surface area (Å²) >= 11 is 0. The van der Waals surface area contributed by atoms with Gasteiger partial charge in [-0.15, -0.1) is 0 Å². The van der Waals surface area contributed by atoms with Gasteiger partial charge in [0.1, 0.15) is 24.1 Å². The fourth-order valence-electron chi connectivity index (χ4n) is 4.17. The first kappa shape index (κ1) is 25.5. The minimum absolute atomic E-state index is 0.0607. The monoisotopic (exact) mass is 525 g/mol. The molecular formula is C28H27N7O4. The number of benzene rings is 2. The van der Waals surface area contributed by atoms with Crippen LogP contribution in [0.1, 0.15) is 18.1 Å². The van der Waals surface area contributed by atoms with E-state index in [1.165, 1.54) is 6.26 Å². The summed E-state index contributed by atoms with van der Waals surface area (Å²) in [5, 5.41) is 10.3. The van der Waals surface area contributed by atoms with Crippen molar-refractivity contribution in [3.63, 3.8) is 0 Å². The number of pyridine rings is 1. The third-order valence-electron chi connectivity index (χ3n) is 6.09. The molecule has 0 atom stereocenters. The van der Waals surface area contributed by atoms with E-state index in [9.17, 15) is 9.59 Å². The Labute approximate surface area is 223 Å². The molecular weight excluding hydrogens is 498 g/mol. The zero-order valence-corrected chi connectivity index (χ0v) is 21.3. The number of anilines is 1. The highest BCUT2D eigenvalue weighted by atomic mass is 16.5. The van der Waals surface area contributed by atoms with Crippen LogP contribution in [0.4, 0.5) is 10.6 Å². The van der Waals surface area contributed by atoms with Gasteiger partial charge in [-0.3, -0.25) is 4.79 Å². The molecule has 2 amide bonds. The van der Waals surface area contributed by atoms with Crippen LogP contribution < -0.4 is 16.4 Å². The fraction of sp³-hybridized carbons (Fsp3) is 0.179. The fourth-order valence-corrected chi connectivity index (χ4v) is 4.17. The number of nitrogen functional groups attached to an aromatic ring is 1. The molecule has 3 heterocycles. The number of nitrogens with two attached hydrogens (primary N) is 1. The lowest BCUT2D eigenvalue weighted by Crippen LogP contribution is -2.31. The van der Waals surface area contributed by atoms with Gasteiger partial charge in [0.2, 0.25) is 5.91 Å². The van der Waals surface area contributed by atoms with E-state index in [1.807, 2.05) is 48.5 Å². The Morgan fingerprint density at radius 2 is 1.82 bits per heavy atom. The van der Waals surface area contributed by atoms with Crippen LogP contribution in [0.2, 0.25) is 0 Å². The lowest BCUT2D eigenvalue weighted by molar-refractivity contribution is -0.117. The summed E-state index contributed by atoms with van der Waals surface area (Å²) in [6.07, 6.45) is 0.938. The Balaban J connectivity index is 1.31. The predicted molar refractivity (Wildman–Crippen MR) is 146 cm³/mol. The third-order valence-corrected chi connectivity index (χ3v) is 6.09. The molecule has 0 bridgehead atoms. The molecule has 0 spiro atoms. The Hall–Kier alpha value is -5.19. The number of hydrogen-bond acceptors (Lipinski definition) is 8. The van der Waals surface area contributed by atoms with Crippen LogP contribution in [-0.2, 0) is 22.6 Å². The van der Waals surface area contributed by atoms with Crippen molar-refractivity contribution in [3.05, 3.63) is 84.1 Å². The highest BCUT2D eigenvalue weighted by Gasteiger charge is 2.20. The molecule has 2 aromatic carbocycles. The summed E-state index contributed by atoms with van der Waals surface area (Å²) in [7, 11) is 0. The highest BCUT2D eigenvalue weighted by molar-refractivity contribution is 6.07. The summed E-state index contributed by atoms with van der Waals surface area (Å²) in [6.45, 7) is 6.23. The Kier molecular flexibility index (Phi) is 7.21. The number of carbonyl (C=O) groups excluding carboxylic acids is 2. The number of hydrogen-bond donors (Lipinski definition) is 3. The average molecular weight is 526 g/mol. The van der Waals surface area contributed by atoms with Gasteiger partial charge in [0, 0.05) is 30.1 Å². The van der Waals surface area contributed by atoms with Gasteiger partial charge in [0.05, 0.1) is 17.6 Å². The average Bonchev–Trinajstić information content (AvgIpc) is 3.59. The van der Waals surface area contributed by atoms with Crippen molar-refractivity contribution in [2.45, 2.75) is 20.0 Å². The molecule has 0 saturated heterocycles. The van der Waals surface area contributed by atoms with E-state index >= 15 is 0 Å². The maximum atomic E-state index is 12.0. The number of fused-ring (bicyclic) bond motifs is 3. The number of nitrogens with one attached hydrogen (secondary N) is 2. The molecule has 0 unspecified atom stereocenters. The van der Waals surface area contributed by atoms with Crippen molar-refractivity contribution in [2.24, 2.45) is 0 Å². The molecule has 0 saturated carbocycles. The first-order valence-electron chi connectivity index (χ1n) is 12.3. The lowest BCUT2D eigenvalue weighted by Gasteiger charge is -2.11. The third kappa shape index (κ3) is 5.57. The van der Waals surface area contributed by atoms with E-state index in [2.05, 4.69) is 31.9 Å². The number of ether oxygens (including phenoxy) is 1. The number of imidazole rings is 1. The van der Waals surface area contributed by atoms with Crippen molar-refractivity contribution < 1.29 is 18.8 Å². The van der Waals surface area contributed by atoms with E-state index in [0.29, 0.717) is 41.5 Å². The smallest absolute Gasteiger partial charge is 0.407 e. The van der Waals surface area contributed by atoms with Crippen molar-refractivity contribution >= 4 is 39.8 Å². The molecule has 5 rings (SSSR count). The van der Waals surface area contributed by atoms with Gasteiger partial charge in [0.15, 0.2) is 11.6 Å². The number of para-hydroxylation sites is 1. The van der Waals surface area contributed by atoms with E-state index in [1.54, 1.807) is 13.0 Å². The SMILES string of the molecule is C=C(C)C(=O)NCCOC(=O)NCc1ccc(Cn2c(-c3ccon3)nc3c(N)nc4ccccc4c32)cc1. The molecule has 0 aliphatic rings. The quantitative estimate of drug-likeness (QED) is 0.194. The molecule has 0 aliphatic heterocycles. The number of carbonyl (C=O) groups is 2. The summed E-state index contributed by atoms with van der Waals surface area (Å²) < 4.78 is 12.2. The van der Waals surface area contributed by atoms with Crippen molar-refractivity contribution in [1.29, 1.82) is 0 Å². The maximum absolute atomic E-state index is 12.0. The van der Waals surface area contributed by atoms with E-state index in [0.717, 1.165) is 27.5 Å². The molecule has 3 aromatic heterocycles. The van der Waals surface area contributed by atoms with Gasteiger partial charge < -0.3 is 30.2 Å². The molecule has 5 aromatic rings. The van der Waals surface area contributed by atoms with Gasteiger partial charge in [-0.2, -0.15) is 0 Å². The minimum Gasteiger partial charge on any atom is -0.448 e. The topological polar surface area (TPSA) is 150 Å². The van der Waals surface area contributed by atoms with Crippen molar-refractivity contribution in [2.75, 3.05) is 18.9 Å². The molecule has 0 aliphatic carbocycles. The first-order chi connectivity index (χ1) is 18.9. The standard InChI is InChI=1S/C28H27N7O4/c1-17(2)27(36)30-12-14-38-28(37)31-15-18-7-9-19(10-8-18)16-35-24-20-5-3-4-6-21(20)32-25(29)23(24)33-26(35)22-11-13-39-34-22/h3-11,13H,1,12,14-16H2,2H3,(H2,29,32)(H,30,36)(H,31,37). The highest BCUT2D eigenvalue weighted by Crippen LogP contribution is 2.32. The van der Waals surface area contributed by atoms with Crippen LogP contribution in [0.25, 0.3) is 33.5 Å². The van der Waals surface area contributed by atoms with Crippen molar-refractivity contribution in [3.8, 4) is 11.5 Å². The molecule has 4 N–H and O–H groups in total. The second-order valence-corrected chi connectivity index (χ2v) is 8.96. The van der Waals surface area contributed by atoms with Crippen LogP contribution in [0.5, 0.6) is 0 Å². The first-order valence-corrected chi connectivity index (χ1v) is 12.3. The molecule has 11 heteroatoms. The van der Waals surface area contributed by atoms with Gasteiger partial charge in [-0.05, 0) is 24.1 Å². The Bertz CT molecular complexity index is 1660. The van der Waals surface area contributed by atoms with E-state index in [-0.39, 0.29) is 19.1 Å². The van der Waals surface area contributed by atoms with Gasteiger partial charge in [-0.25, -0.2) is 14.8 Å². The number of nitrogens with zero attached hydrogens (tertiary/aromatic N) is 4. The number of rotatable bonds is 9. The van der Waals surface area contributed by atoms with Crippen LogP contribution in [-0.4, -0.2) is 44.8 Å². The molecule has 0 radical (unpaired) electrons. The summed E-state index contributed by atoms with van der Waals surface area (Å²) in [6, 6.07) is 17.4. The van der Waals surface area contributed by atoms with Crippen LogP contribution in [0, 0.1) is 0 Å². The van der Waals surface area contributed by atoms with Gasteiger partial charge >= 0.3 is 6.09 Å². The van der Waals surface area contributed by atoms with Crippen LogP contribution in [0.15, 0.2) is 77.5 Å². The zero-order valence-electron chi connectivity index (χ0n) is 21.3. The zero-order chi connectivity index (χ0) is 27.4. The number of aromatic nitrogens is 4. The van der Waals surface area contributed by atoms with E-state index < -0.39 is 6.09 Å². The number of amides is 2. The van der Waals surface area contributed by atoms with Gasteiger partial charge in [0.25, 0.3) is 0 Å². The van der Waals surface area contributed by atoms with Gasteiger partial charge in [-0.1, -0.05) is 54.2 Å². The molecule has 0 fully saturated rings. The molecule has 11 nitrogen and oxygen atoms in total. The van der Waals surface area contributed by atoms with Crippen LogP contribution in [0.3, 0.4) is 0 Å². The summed E-state index contributed by atoms with van der Waals surface area (Å²) in [5.41, 5.74) is 11.4. The van der Waals surface area contributed by atoms with Crippen molar-refractivity contribution in [1.82, 2.24) is 30.3 Å². The lowest BCUT2D eigenvalue weighted by atomic mass is 10.1. The second kappa shape index (κ2) is 11.1. The normalized spacial score (nSPS) is 11.0. The molecule has 39 heavy (non-hydrogen) atoms. The minimum atomic E-state index is -0.566. The maximum Gasteiger partial charge on any atom is 0.407 e. The van der Waals surface area contributed by atoms with E-state index in [4.69, 9.17) is 20.0 Å². The summed E-state index contributed by atoms with van der Waals surface area (Å²) in [5.74, 6) is 0.694.